The first-order valence-electron chi connectivity index (χ1n) is 5.45. The molecule has 78 valence electrons. The van der Waals surface area contributed by atoms with E-state index in [9.17, 15) is 0 Å². The Morgan fingerprint density at radius 2 is 1.69 bits per heavy atom. The molecular weight excluding hydrogens is 164 g/mol. The van der Waals surface area contributed by atoms with E-state index in [0.29, 0.717) is 11.5 Å². The Bertz CT molecular complexity index is 131. The van der Waals surface area contributed by atoms with Crippen LogP contribution in [0.5, 0.6) is 0 Å². The lowest BCUT2D eigenvalue weighted by Gasteiger charge is -2.45. The second-order valence-electron chi connectivity index (χ2n) is 3.93. The van der Waals surface area contributed by atoms with E-state index in [1.54, 1.807) is 0 Å². The Morgan fingerprint density at radius 1 is 1.15 bits per heavy atom. The quantitative estimate of drug-likeness (QED) is 0.626. The molecule has 2 heteroatoms. The number of methoxy groups -OCH3 is 1. The molecule has 2 nitrogen and oxygen atoms in total. The third kappa shape index (κ3) is 2.44. The van der Waals surface area contributed by atoms with E-state index in [0.717, 1.165) is 13.2 Å². The molecule has 1 aliphatic carbocycles. The van der Waals surface area contributed by atoms with Crippen molar-refractivity contribution in [1.82, 2.24) is 0 Å². The average molecular weight is 186 g/mol. The zero-order valence-corrected chi connectivity index (χ0v) is 9.14. The van der Waals surface area contributed by atoms with E-state index >= 15 is 0 Å². The zero-order valence-electron chi connectivity index (χ0n) is 9.14. The van der Waals surface area contributed by atoms with E-state index in [1.807, 2.05) is 21.0 Å². The molecule has 0 bridgehead atoms. The van der Waals surface area contributed by atoms with Crippen molar-refractivity contribution in [3.8, 4) is 0 Å². The monoisotopic (exact) mass is 186 g/mol. The number of hydrogen-bond acceptors (Lipinski definition) is 2. The molecule has 0 unspecified atom stereocenters. The number of rotatable bonds is 1. The van der Waals surface area contributed by atoms with Crippen LogP contribution >= 0.6 is 0 Å². The van der Waals surface area contributed by atoms with Crippen molar-refractivity contribution in [3.05, 3.63) is 0 Å². The third-order valence-electron chi connectivity index (χ3n) is 3.14. The highest BCUT2D eigenvalue weighted by atomic mass is 16.5. The molecule has 0 radical (unpaired) electrons. The van der Waals surface area contributed by atoms with Crippen molar-refractivity contribution in [2.75, 3.05) is 20.3 Å². The van der Waals surface area contributed by atoms with E-state index in [-0.39, 0.29) is 0 Å². The minimum Gasteiger partial charge on any atom is -0.381 e. The molecule has 0 amide bonds. The standard InChI is InChI=1S/C9H16O2.C2H6/c1-10-8-2-4-9(5-3-8)6-11-7-9;1-2/h8H,2-7H2,1H3;1-2H3. The summed E-state index contributed by atoms with van der Waals surface area (Å²) in [6.07, 6.45) is 5.62. The highest BCUT2D eigenvalue weighted by molar-refractivity contribution is 4.90. The van der Waals surface area contributed by atoms with Gasteiger partial charge in [0, 0.05) is 12.5 Å². The Balaban J connectivity index is 0.000000396. The van der Waals surface area contributed by atoms with Gasteiger partial charge in [-0.15, -0.1) is 0 Å². The summed E-state index contributed by atoms with van der Waals surface area (Å²) in [5, 5.41) is 0. The van der Waals surface area contributed by atoms with E-state index in [1.165, 1.54) is 25.7 Å². The Hall–Kier alpha value is -0.0800. The van der Waals surface area contributed by atoms with Crippen molar-refractivity contribution < 1.29 is 9.47 Å². The summed E-state index contributed by atoms with van der Waals surface area (Å²) in [4.78, 5) is 0. The predicted molar refractivity (Wildman–Crippen MR) is 53.9 cm³/mol. The van der Waals surface area contributed by atoms with Crippen LogP contribution in [0.15, 0.2) is 0 Å². The van der Waals surface area contributed by atoms with Crippen LogP contribution in [0.25, 0.3) is 0 Å². The van der Waals surface area contributed by atoms with E-state index < -0.39 is 0 Å². The van der Waals surface area contributed by atoms with Gasteiger partial charge in [0.15, 0.2) is 0 Å². The van der Waals surface area contributed by atoms with Gasteiger partial charge in [-0.1, -0.05) is 13.8 Å². The molecule has 0 N–H and O–H groups in total. The molecule has 2 fully saturated rings. The maximum atomic E-state index is 5.31. The SMILES string of the molecule is CC.COC1CCC2(CC1)COC2. The highest BCUT2D eigenvalue weighted by Gasteiger charge is 2.41. The first-order chi connectivity index (χ1) is 6.35. The lowest BCUT2D eigenvalue weighted by atomic mass is 9.72. The van der Waals surface area contributed by atoms with Crippen LogP contribution in [0.1, 0.15) is 39.5 Å². The fraction of sp³-hybridized carbons (Fsp3) is 1.00. The van der Waals surface area contributed by atoms with Gasteiger partial charge in [-0.3, -0.25) is 0 Å². The number of ether oxygens (including phenoxy) is 2. The molecular formula is C11H22O2. The van der Waals surface area contributed by atoms with Crippen LogP contribution in [0.4, 0.5) is 0 Å². The summed E-state index contributed by atoms with van der Waals surface area (Å²) in [5.41, 5.74) is 0.578. The summed E-state index contributed by atoms with van der Waals surface area (Å²) < 4.78 is 10.6. The fourth-order valence-corrected chi connectivity index (χ4v) is 2.12. The minimum absolute atomic E-state index is 0.529. The second-order valence-corrected chi connectivity index (χ2v) is 3.93. The van der Waals surface area contributed by atoms with Gasteiger partial charge in [0.25, 0.3) is 0 Å². The van der Waals surface area contributed by atoms with Crippen molar-refractivity contribution in [3.63, 3.8) is 0 Å². The second kappa shape index (κ2) is 4.97. The van der Waals surface area contributed by atoms with Crippen LogP contribution in [0.2, 0.25) is 0 Å². The molecule has 1 heterocycles. The summed E-state index contributed by atoms with van der Waals surface area (Å²) in [6.45, 7) is 6.01. The minimum atomic E-state index is 0.529. The molecule has 1 aliphatic heterocycles. The van der Waals surface area contributed by atoms with Crippen LogP contribution in [-0.2, 0) is 9.47 Å². The Morgan fingerprint density at radius 3 is 2.00 bits per heavy atom. The van der Waals surface area contributed by atoms with Gasteiger partial charge in [0.05, 0.1) is 19.3 Å². The van der Waals surface area contributed by atoms with Crippen molar-refractivity contribution in [2.24, 2.45) is 5.41 Å². The van der Waals surface area contributed by atoms with Gasteiger partial charge in [0.2, 0.25) is 0 Å². The molecule has 1 saturated heterocycles. The Labute approximate surface area is 81.6 Å². The lowest BCUT2D eigenvalue weighted by molar-refractivity contribution is -0.144. The molecule has 2 aliphatic rings. The van der Waals surface area contributed by atoms with Crippen LogP contribution in [-0.4, -0.2) is 26.4 Å². The molecule has 0 aromatic heterocycles. The summed E-state index contributed by atoms with van der Waals surface area (Å²) >= 11 is 0. The van der Waals surface area contributed by atoms with E-state index in [4.69, 9.17) is 9.47 Å². The first kappa shape index (κ1) is 11.0. The summed E-state index contributed by atoms with van der Waals surface area (Å²) in [7, 11) is 1.82. The molecule has 13 heavy (non-hydrogen) atoms. The molecule has 0 aromatic carbocycles. The topological polar surface area (TPSA) is 18.5 Å². The maximum Gasteiger partial charge on any atom is 0.0571 e. The normalized spacial score (nSPS) is 26.1. The van der Waals surface area contributed by atoms with Gasteiger partial charge in [-0.2, -0.15) is 0 Å². The first-order valence-corrected chi connectivity index (χ1v) is 5.45. The lowest BCUT2D eigenvalue weighted by Crippen LogP contribution is -2.46. The van der Waals surface area contributed by atoms with Gasteiger partial charge in [-0.25, -0.2) is 0 Å². The number of hydrogen-bond donors (Lipinski definition) is 0. The predicted octanol–water partition coefficient (Wildman–Crippen LogP) is 2.62. The molecule has 2 rings (SSSR count). The molecule has 1 saturated carbocycles. The van der Waals surface area contributed by atoms with Crippen molar-refractivity contribution in [1.29, 1.82) is 0 Å². The average Bonchev–Trinajstić information content (AvgIpc) is 2.19. The maximum absolute atomic E-state index is 5.31. The molecule has 1 spiro atoms. The Kier molecular flexibility index (Phi) is 4.20. The fourth-order valence-electron chi connectivity index (χ4n) is 2.12. The largest absolute Gasteiger partial charge is 0.381 e. The zero-order chi connectivity index (χ0) is 9.73. The van der Waals surface area contributed by atoms with Crippen molar-refractivity contribution >= 4 is 0 Å². The molecule has 0 aromatic rings. The summed E-state index contributed by atoms with van der Waals surface area (Å²) in [5.74, 6) is 0. The van der Waals surface area contributed by atoms with Gasteiger partial charge >= 0.3 is 0 Å². The summed E-state index contributed by atoms with van der Waals surface area (Å²) in [6, 6.07) is 0. The molecule has 0 atom stereocenters. The van der Waals surface area contributed by atoms with Crippen LogP contribution in [0, 0.1) is 5.41 Å². The van der Waals surface area contributed by atoms with Crippen LogP contribution < -0.4 is 0 Å². The van der Waals surface area contributed by atoms with Crippen LogP contribution in [0.3, 0.4) is 0 Å². The van der Waals surface area contributed by atoms with Gasteiger partial charge < -0.3 is 9.47 Å². The van der Waals surface area contributed by atoms with Gasteiger partial charge in [0.1, 0.15) is 0 Å². The van der Waals surface area contributed by atoms with Crippen molar-refractivity contribution in [2.45, 2.75) is 45.6 Å². The highest BCUT2D eigenvalue weighted by Crippen LogP contribution is 2.42. The van der Waals surface area contributed by atoms with E-state index in [2.05, 4.69) is 0 Å². The smallest absolute Gasteiger partial charge is 0.0571 e. The third-order valence-corrected chi connectivity index (χ3v) is 3.14. The van der Waals surface area contributed by atoms with Gasteiger partial charge in [-0.05, 0) is 25.7 Å².